The molecule has 0 unspecified atom stereocenters. The van der Waals surface area contributed by atoms with Gasteiger partial charge in [-0.1, -0.05) is 34.1 Å². The van der Waals surface area contributed by atoms with E-state index < -0.39 is 12.3 Å². The molecule has 0 bridgehead atoms. The zero-order valence-electron chi connectivity index (χ0n) is 7.45. The van der Waals surface area contributed by atoms with Gasteiger partial charge in [0, 0.05) is 10.0 Å². The SMILES string of the molecule is FC(F)c1ncc(-c2ccccc2Br)o1. The minimum absolute atomic E-state index is 0.331. The summed E-state index contributed by atoms with van der Waals surface area (Å²) in [6, 6.07) is 7.20. The van der Waals surface area contributed by atoms with Crippen LogP contribution in [-0.4, -0.2) is 4.98 Å². The summed E-state index contributed by atoms with van der Waals surface area (Å²) in [6.45, 7) is 0. The molecule has 0 amide bonds. The number of rotatable bonds is 2. The lowest BCUT2D eigenvalue weighted by atomic mass is 10.2. The van der Waals surface area contributed by atoms with E-state index in [4.69, 9.17) is 4.42 Å². The summed E-state index contributed by atoms with van der Waals surface area (Å²) in [5, 5.41) is 0. The molecule has 0 aliphatic heterocycles. The average Bonchev–Trinajstić information content (AvgIpc) is 2.67. The number of oxazole rings is 1. The standard InChI is InChI=1S/C10H6BrF2NO/c11-7-4-2-1-3-6(7)8-5-14-10(15-8)9(12)13/h1-5,9H. The van der Waals surface area contributed by atoms with Crippen LogP contribution in [0.25, 0.3) is 11.3 Å². The first-order valence-electron chi connectivity index (χ1n) is 4.17. The van der Waals surface area contributed by atoms with Crippen molar-refractivity contribution in [3.63, 3.8) is 0 Å². The molecule has 0 saturated heterocycles. The molecule has 0 aliphatic rings. The normalized spacial score (nSPS) is 10.9. The Morgan fingerprint density at radius 3 is 2.60 bits per heavy atom. The molecule has 1 aromatic heterocycles. The maximum atomic E-state index is 12.2. The number of aromatic nitrogens is 1. The minimum atomic E-state index is -2.68. The van der Waals surface area contributed by atoms with Gasteiger partial charge in [-0.25, -0.2) is 4.98 Å². The summed E-state index contributed by atoms with van der Waals surface area (Å²) in [4.78, 5) is 3.50. The van der Waals surface area contributed by atoms with Crippen LogP contribution >= 0.6 is 15.9 Å². The fourth-order valence-corrected chi connectivity index (χ4v) is 1.65. The van der Waals surface area contributed by atoms with Crippen molar-refractivity contribution < 1.29 is 13.2 Å². The smallest absolute Gasteiger partial charge is 0.313 e. The lowest BCUT2D eigenvalue weighted by molar-refractivity contribution is 0.116. The predicted molar refractivity (Wildman–Crippen MR) is 54.6 cm³/mol. The molecule has 0 radical (unpaired) electrons. The van der Waals surface area contributed by atoms with Crippen LogP contribution in [0.2, 0.25) is 0 Å². The molecular formula is C10H6BrF2NO. The molecule has 0 aliphatic carbocycles. The van der Waals surface area contributed by atoms with Crippen LogP contribution in [-0.2, 0) is 0 Å². The Hall–Kier alpha value is -1.23. The highest BCUT2D eigenvalue weighted by Gasteiger charge is 2.16. The van der Waals surface area contributed by atoms with E-state index in [1.165, 1.54) is 6.20 Å². The van der Waals surface area contributed by atoms with E-state index in [0.29, 0.717) is 11.3 Å². The minimum Gasteiger partial charge on any atom is -0.435 e. The van der Waals surface area contributed by atoms with Gasteiger partial charge in [0.1, 0.15) is 0 Å². The Labute approximate surface area is 93.1 Å². The average molecular weight is 274 g/mol. The third-order valence-electron chi connectivity index (χ3n) is 1.85. The maximum absolute atomic E-state index is 12.2. The number of hydrogen-bond acceptors (Lipinski definition) is 2. The van der Waals surface area contributed by atoms with Gasteiger partial charge in [-0.3, -0.25) is 0 Å². The Bertz CT molecular complexity index is 470. The second-order valence-corrected chi connectivity index (χ2v) is 3.70. The van der Waals surface area contributed by atoms with Crippen molar-refractivity contribution in [1.29, 1.82) is 0 Å². The number of nitrogens with zero attached hydrogens (tertiary/aromatic N) is 1. The van der Waals surface area contributed by atoms with E-state index in [9.17, 15) is 8.78 Å². The van der Waals surface area contributed by atoms with Gasteiger partial charge in [0.25, 0.3) is 5.89 Å². The van der Waals surface area contributed by atoms with Crippen LogP contribution in [0.5, 0.6) is 0 Å². The second kappa shape index (κ2) is 4.10. The molecule has 5 heteroatoms. The summed E-state index contributed by atoms with van der Waals surface area (Å²) in [5.74, 6) is -0.224. The van der Waals surface area contributed by atoms with Crippen LogP contribution in [0.1, 0.15) is 12.3 Å². The van der Waals surface area contributed by atoms with Crippen LogP contribution in [0.15, 0.2) is 39.4 Å². The van der Waals surface area contributed by atoms with Gasteiger partial charge in [-0.05, 0) is 6.07 Å². The zero-order valence-corrected chi connectivity index (χ0v) is 9.04. The Balaban J connectivity index is 2.42. The van der Waals surface area contributed by atoms with Gasteiger partial charge in [0.2, 0.25) is 0 Å². The molecule has 0 atom stereocenters. The molecule has 0 saturated carbocycles. The van der Waals surface area contributed by atoms with Gasteiger partial charge in [0.05, 0.1) is 6.20 Å². The van der Waals surface area contributed by atoms with Gasteiger partial charge in [-0.15, -0.1) is 0 Å². The molecule has 15 heavy (non-hydrogen) atoms. The molecule has 2 rings (SSSR count). The highest BCUT2D eigenvalue weighted by molar-refractivity contribution is 9.10. The lowest BCUT2D eigenvalue weighted by Crippen LogP contribution is -1.80. The molecule has 0 spiro atoms. The van der Waals surface area contributed by atoms with E-state index in [0.717, 1.165) is 4.47 Å². The summed E-state index contributed by atoms with van der Waals surface area (Å²) in [6.07, 6.45) is -1.39. The zero-order chi connectivity index (χ0) is 10.8. The fourth-order valence-electron chi connectivity index (χ4n) is 1.17. The quantitative estimate of drug-likeness (QED) is 0.825. The molecule has 2 nitrogen and oxygen atoms in total. The third kappa shape index (κ3) is 2.07. The van der Waals surface area contributed by atoms with Crippen molar-refractivity contribution in [2.24, 2.45) is 0 Å². The summed E-state index contributed by atoms with van der Waals surface area (Å²) >= 11 is 3.30. The van der Waals surface area contributed by atoms with E-state index in [1.54, 1.807) is 18.2 Å². The van der Waals surface area contributed by atoms with Crippen molar-refractivity contribution in [2.45, 2.75) is 6.43 Å². The molecular weight excluding hydrogens is 268 g/mol. The molecule has 0 fully saturated rings. The number of hydrogen-bond donors (Lipinski definition) is 0. The van der Waals surface area contributed by atoms with Crippen molar-refractivity contribution in [3.05, 3.63) is 40.8 Å². The fraction of sp³-hybridized carbons (Fsp3) is 0.100. The van der Waals surface area contributed by atoms with Crippen molar-refractivity contribution in [2.75, 3.05) is 0 Å². The van der Waals surface area contributed by atoms with Crippen molar-refractivity contribution in [3.8, 4) is 11.3 Å². The van der Waals surface area contributed by atoms with E-state index in [2.05, 4.69) is 20.9 Å². The Morgan fingerprint density at radius 2 is 2.00 bits per heavy atom. The number of benzene rings is 1. The monoisotopic (exact) mass is 273 g/mol. The third-order valence-corrected chi connectivity index (χ3v) is 2.54. The maximum Gasteiger partial charge on any atom is 0.313 e. The van der Waals surface area contributed by atoms with Crippen molar-refractivity contribution in [1.82, 2.24) is 4.98 Å². The van der Waals surface area contributed by atoms with Crippen LogP contribution in [0.4, 0.5) is 8.78 Å². The van der Waals surface area contributed by atoms with Crippen molar-refractivity contribution >= 4 is 15.9 Å². The van der Waals surface area contributed by atoms with E-state index >= 15 is 0 Å². The molecule has 1 heterocycles. The lowest BCUT2D eigenvalue weighted by Gasteiger charge is -1.98. The predicted octanol–water partition coefficient (Wildman–Crippen LogP) is 4.04. The summed E-state index contributed by atoms with van der Waals surface area (Å²) in [5.41, 5.74) is 0.705. The Kier molecular flexibility index (Phi) is 2.81. The van der Waals surface area contributed by atoms with Crippen LogP contribution < -0.4 is 0 Å². The van der Waals surface area contributed by atoms with Gasteiger partial charge >= 0.3 is 6.43 Å². The molecule has 0 N–H and O–H groups in total. The highest BCUT2D eigenvalue weighted by Crippen LogP contribution is 2.30. The second-order valence-electron chi connectivity index (χ2n) is 2.84. The first kappa shape index (κ1) is 10.3. The first-order valence-corrected chi connectivity index (χ1v) is 4.96. The molecule has 2 aromatic rings. The van der Waals surface area contributed by atoms with Crippen LogP contribution in [0, 0.1) is 0 Å². The van der Waals surface area contributed by atoms with Gasteiger partial charge in [0.15, 0.2) is 5.76 Å². The van der Waals surface area contributed by atoms with Crippen LogP contribution in [0.3, 0.4) is 0 Å². The largest absolute Gasteiger partial charge is 0.435 e. The van der Waals surface area contributed by atoms with Gasteiger partial charge < -0.3 is 4.42 Å². The topological polar surface area (TPSA) is 26.0 Å². The molecule has 1 aromatic carbocycles. The first-order chi connectivity index (χ1) is 7.18. The van der Waals surface area contributed by atoms with E-state index in [-0.39, 0.29) is 0 Å². The van der Waals surface area contributed by atoms with Gasteiger partial charge in [-0.2, -0.15) is 8.78 Å². The summed E-state index contributed by atoms with van der Waals surface area (Å²) in [7, 11) is 0. The summed E-state index contributed by atoms with van der Waals surface area (Å²) < 4.78 is 30.2. The number of alkyl halides is 2. The van der Waals surface area contributed by atoms with E-state index in [1.807, 2.05) is 6.07 Å². The molecule has 78 valence electrons. The Morgan fingerprint density at radius 1 is 1.27 bits per heavy atom. The number of halogens is 3. The highest BCUT2D eigenvalue weighted by atomic mass is 79.9.